The monoisotopic (exact) mass is 321 g/mol. The van der Waals surface area contributed by atoms with Gasteiger partial charge in [-0.05, 0) is 25.8 Å². The minimum atomic E-state index is -2.05. The van der Waals surface area contributed by atoms with Crippen LogP contribution in [0.5, 0.6) is 0 Å². The van der Waals surface area contributed by atoms with E-state index in [0.717, 1.165) is 6.92 Å². The number of amides is 1. The van der Waals surface area contributed by atoms with Gasteiger partial charge in [0.1, 0.15) is 0 Å². The quantitative estimate of drug-likeness (QED) is 0.756. The van der Waals surface area contributed by atoms with Gasteiger partial charge in [-0.2, -0.15) is 0 Å². The van der Waals surface area contributed by atoms with Crippen molar-refractivity contribution in [2.45, 2.75) is 39.2 Å². The number of hydrogen-bond acceptors (Lipinski definition) is 6. The molecule has 124 valence electrons. The topological polar surface area (TPSA) is 126 Å². The van der Waals surface area contributed by atoms with Crippen molar-refractivity contribution in [3.8, 4) is 0 Å². The van der Waals surface area contributed by atoms with Gasteiger partial charge in [0, 0.05) is 5.69 Å². The molecule has 0 saturated heterocycles. The summed E-state index contributed by atoms with van der Waals surface area (Å²) >= 11 is 0. The Labute approximate surface area is 132 Å². The van der Waals surface area contributed by atoms with Gasteiger partial charge in [-0.15, -0.1) is 0 Å². The maximum atomic E-state index is 12.4. The van der Waals surface area contributed by atoms with E-state index in [1.165, 1.54) is 0 Å². The van der Waals surface area contributed by atoms with Crippen LogP contribution in [-0.2, 0) is 4.79 Å². The number of aromatic nitrogens is 2. The van der Waals surface area contributed by atoms with Crippen LogP contribution in [0, 0.1) is 6.92 Å². The van der Waals surface area contributed by atoms with Crippen LogP contribution in [0.1, 0.15) is 48.4 Å². The summed E-state index contributed by atoms with van der Waals surface area (Å²) in [5.41, 5.74) is -0.337. The lowest BCUT2D eigenvalue weighted by molar-refractivity contribution is -0.155. The van der Waals surface area contributed by atoms with Crippen molar-refractivity contribution in [2.24, 2.45) is 0 Å². The first-order valence-electron chi connectivity index (χ1n) is 7.14. The zero-order valence-electron chi connectivity index (χ0n) is 13.4. The predicted octanol–water partition coefficient (Wildman–Crippen LogP) is 1.22. The third-order valence-corrected chi connectivity index (χ3v) is 3.45. The van der Waals surface area contributed by atoms with E-state index in [-0.39, 0.29) is 11.6 Å². The van der Waals surface area contributed by atoms with Gasteiger partial charge in [0.25, 0.3) is 11.6 Å². The van der Waals surface area contributed by atoms with Crippen LogP contribution in [0.15, 0.2) is 10.6 Å². The van der Waals surface area contributed by atoms with E-state index in [0.29, 0.717) is 22.3 Å². The summed E-state index contributed by atoms with van der Waals surface area (Å²) in [5.74, 6) is -1.91. The number of hydrogen-bond donors (Lipinski definition) is 3. The van der Waals surface area contributed by atoms with Gasteiger partial charge >= 0.3 is 5.97 Å². The molecule has 2 heterocycles. The summed E-state index contributed by atoms with van der Waals surface area (Å²) in [4.78, 5) is 27.5. The van der Waals surface area contributed by atoms with Crippen molar-refractivity contribution in [1.29, 1.82) is 0 Å². The molecule has 1 atom stereocenters. The highest BCUT2D eigenvalue weighted by atomic mass is 16.5. The number of aryl methyl sites for hydroxylation is 1. The molecule has 0 spiro atoms. The van der Waals surface area contributed by atoms with E-state index < -0.39 is 24.0 Å². The molecule has 8 heteroatoms. The van der Waals surface area contributed by atoms with Crippen molar-refractivity contribution in [2.75, 3.05) is 6.54 Å². The van der Waals surface area contributed by atoms with Gasteiger partial charge in [0.2, 0.25) is 0 Å². The first-order valence-corrected chi connectivity index (χ1v) is 7.14. The molecule has 0 aliphatic heterocycles. The van der Waals surface area contributed by atoms with Gasteiger partial charge in [0.05, 0.1) is 23.2 Å². The summed E-state index contributed by atoms with van der Waals surface area (Å²) in [7, 11) is 0. The Morgan fingerprint density at radius 1 is 1.43 bits per heavy atom. The lowest BCUT2D eigenvalue weighted by Crippen LogP contribution is -2.46. The van der Waals surface area contributed by atoms with Crippen LogP contribution in [0.25, 0.3) is 11.1 Å². The summed E-state index contributed by atoms with van der Waals surface area (Å²) < 4.78 is 5.18. The van der Waals surface area contributed by atoms with Gasteiger partial charge in [0.15, 0.2) is 5.60 Å². The Morgan fingerprint density at radius 2 is 2.09 bits per heavy atom. The number of aliphatic carboxylic acids is 1. The van der Waals surface area contributed by atoms with Gasteiger partial charge in [-0.25, -0.2) is 9.78 Å². The Balaban J connectivity index is 2.40. The first-order chi connectivity index (χ1) is 10.6. The highest BCUT2D eigenvalue weighted by Crippen LogP contribution is 2.27. The number of pyridine rings is 1. The zero-order valence-corrected chi connectivity index (χ0v) is 13.4. The number of aliphatic hydroxyl groups is 1. The molecule has 0 saturated carbocycles. The van der Waals surface area contributed by atoms with Crippen LogP contribution in [0.2, 0.25) is 0 Å². The molecule has 0 fully saturated rings. The van der Waals surface area contributed by atoms with E-state index >= 15 is 0 Å². The molecular weight excluding hydrogens is 302 g/mol. The van der Waals surface area contributed by atoms with Gasteiger partial charge in [-0.3, -0.25) is 4.79 Å². The second-order valence-corrected chi connectivity index (χ2v) is 5.98. The fraction of sp³-hybridized carbons (Fsp3) is 0.467. The number of carbonyl (C=O) groups excluding carboxylic acids is 1. The summed E-state index contributed by atoms with van der Waals surface area (Å²) in [6.45, 7) is 6.22. The molecule has 2 rings (SSSR count). The van der Waals surface area contributed by atoms with E-state index in [2.05, 4.69) is 15.5 Å². The van der Waals surface area contributed by atoms with Gasteiger partial charge < -0.3 is 20.1 Å². The van der Waals surface area contributed by atoms with Crippen LogP contribution >= 0.6 is 0 Å². The number of rotatable bonds is 5. The summed E-state index contributed by atoms with van der Waals surface area (Å²) in [5, 5.41) is 25.5. The molecule has 23 heavy (non-hydrogen) atoms. The van der Waals surface area contributed by atoms with Crippen molar-refractivity contribution in [1.82, 2.24) is 15.5 Å². The summed E-state index contributed by atoms with van der Waals surface area (Å²) in [6, 6.07) is 1.58. The van der Waals surface area contributed by atoms with Crippen LogP contribution in [0.3, 0.4) is 0 Å². The molecule has 1 amide bonds. The third kappa shape index (κ3) is 3.31. The second-order valence-electron chi connectivity index (χ2n) is 5.98. The SMILES string of the molecule is Cc1cc(C(=O)NCC(C)(O)C(=O)O)c2c(C(C)C)noc2n1. The van der Waals surface area contributed by atoms with E-state index in [1.807, 2.05) is 13.8 Å². The normalized spacial score (nSPS) is 14.0. The molecule has 0 bridgehead atoms. The van der Waals surface area contributed by atoms with Crippen molar-refractivity contribution in [3.63, 3.8) is 0 Å². The predicted molar refractivity (Wildman–Crippen MR) is 81.2 cm³/mol. The fourth-order valence-corrected chi connectivity index (χ4v) is 2.09. The summed E-state index contributed by atoms with van der Waals surface area (Å²) in [6.07, 6.45) is 0. The molecule has 2 aromatic rings. The number of fused-ring (bicyclic) bond motifs is 1. The maximum absolute atomic E-state index is 12.4. The molecular formula is C15H19N3O5. The van der Waals surface area contributed by atoms with Crippen LogP contribution < -0.4 is 5.32 Å². The molecule has 3 N–H and O–H groups in total. The number of carboxylic acids is 1. The minimum absolute atomic E-state index is 0.0226. The number of carboxylic acid groups (broad SMARTS) is 1. The average Bonchev–Trinajstić information content (AvgIpc) is 2.87. The Hall–Kier alpha value is -2.48. The van der Waals surface area contributed by atoms with Gasteiger partial charge in [-0.1, -0.05) is 19.0 Å². The molecule has 0 aromatic carbocycles. The zero-order chi connectivity index (χ0) is 17.4. The average molecular weight is 321 g/mol. The molecule has 0 aliphatic carbocycles. The third-order valence-electron chi connectivity index (χ3n) is 3.45. The van der Waals surface area contributed by atoms with E-state index in [1.54, 1.807) is 13.0 Å². The Bertz CT molecular complexity index is 764. The number of nitrogens with zero attached hydrogens (tertiary/aromatic N) is 2. The highest BCUT2D eigenvalue weighted by Gasteiger charge is 2.31. The lowest BCUT2D eigenvalue weighted by atomic mass is 10.0. The molecule has 0 radical (unpaired) electrons. The molecule has 0 aliphatic rings. The Kier molecular flexibility index (Phi) is 4.37. The van der Waals surface area contributed by atoms with Crippen molar-refractivity contribution < 1.29 is 24.3 Å². The van der Waals surface area contributed by atoms with E-state index in [4.69, 9.17) is 9.63 Å². The highest BCUT2D eigenvalue weighted by molar-refractivity contribution is 6.06. The van der Waals surface area contributed by atoms with Crippen LogP contribution in [0.4, 0.5) is 0 Å². The number of nitrogens with one attached hydrogen (secondary N) is 1. The minimum Gasteiger partial charge on any atom is -0.479 e. The first kappa shape index (κ1) is 16.9. The number of carbonyl (C=O) groups is 2. The molecule has 2 aromatic heterocycles. The maximum Gasteiger partial charge on any atom is 0.337 e. The fourth-order valence-electron chi connectivity index (χ4n) is 2.09. The standard InChI is InChI=1S/C15H19N3O5/c1-7(2)11-10-9(5-8(3)17-13(10)23-18-11)12(19)16-6-15(4,22)14(20)21/h5,7,22H,6H2,1-4H3,(H,16,19)(H,20,21). The second kappa shape index (κ2) is 5.96. The van der Waals surface area contributed by atoms with Crippen LogP contribution in [-0.4, -0.2) is 44.4 Å². The lowest BCUT2D eigenvalue weighted by Gasteiger charge is -2.18. The van der Waals surface area contributed by atoms with Crippen molar-refractivity contribution >= 4 is 23.0 Å². The Morgan fingerprint density at radius 3 is 2.65 bits per heavy atom. The molecule has 1 unspecified atom stereocenters. The van der Waals surface area contributed by atoms with Crippen molar-refractivity contribution in [3.05, 3.63) is 23.0 Å². The smallest absolute Gasteiger partial charge is 0.337 e. The van der Waals surface area contributed by atoms with E-state index in [9.17, 15) is 14.7 Å². The molecule has 8 nitrogen and oxygen atoms in total. The largest absolute Gasteiger partial charge is 0.479 e.